The molecule has 1 fully saturated rings. The van der Waals surface area contributed by atoms with Gasteiger partial charge in [0.25, 0.3) is 0 Å². The molecule has 0 radical (unpaired) electrons. The highest BCUT2D eigenvalue weighted by molar-refractivity contribution is 5.94. The minimum Gasteiger partial charge on any atom is -0.399 e. The molecule has 6 heteroatoms. The highest BCUT2D eigenvalue weighted by atomic mass is 19.1. The number of alkyl halides is 1. The number of hydrogen-bond acceptors (Lipinski definition) is 4. The molecule has 2 rings (SSSR count). The van der Waals surface area contributed by atoms with E-state index in [0.717, 1.165) is 18.8 Å². The zero-order chi connectivity index (χ0) is 14.5. The molecule has 0 bridgehead atoms. The van der Waals surface area contributed by atoms with E-state index in [1.807, 2.05) is 12.1 Å². The lowest BCUT2D eigenvalue weighted by Crippen LogP contribution is -2.49. The highest BCUT2D eigenvalue weighted by Crippen LogP contribution is 2.15. The number of amides is 1. The van der Waals surface area contributed by atoms with Gasteiger partial charge in [-0.2, -0.15) is 0 Å². The predicted molar refractivity (Wildman–Crippen MR) is 78.3 cm³/mol. The minimum absolute atomic E-state index is 0.0310. The Morgan fingerprint density at radius 1 is 1.20 bits per heavy atom. The fourth-order valence-corrected chi connectivity index (χ4v) is 2.21. The van der Waals surface area contributed by atoms with Crippen molar-refractivity contribution in [1.29, 1.82) is 0 Å². The monoisotopic (exact) mass is 280 g/mol. The quantitative estimate of drug-likeness (QED) is 0.654. The van der Waals surface area contributed by atoms with Gasteiger partial charge in [0.05, 0.1) is 6.54 Å². The van der Waals surface area contributed by atoms with E-state index >= 15 is 0 Å². The van der Waals surface area contributed by atoms with Gasteiger partial charge in [-0.25, -0.2) is 4.39 Å². The van der Waals surface area contributed by atoms with Gasteiger partial charge in [0.15, 0.2) is 0 Å². The van der Waals surface area contributed by atoms with Crippen molar-refractivity contribution in [3.63, 3.8) is 0 Å². The van der Waals surface area contributed by atoms with Crippen LogP contribution in [0.5, 0.6) is 0 Å². The van der Waals surface area contributed by atoms with Gasteiger partial charge in [-0.3, -0.25) is 14.6 Å². The summed E-state index contributed by atoms with van der Waals surface area (Å²) in [6.07, 6.45) is 0. The second-order valence-corrected chi connectivity index (χ2v) is 5.06. The third-order valence-electron chi connectivity index (χ3n) is 3.65. The number of carbonyl (C=O) groups is 1. The van der Waals surface area contributed by atoms with Gasteiger partial charge in [-0.1, -0.05) is 0 Å². The van der Waals surface area contributed by atoms with Crippen LogP contribution in [-0.2, 0) is 4.79 Å². The molecule has 1 heterocycles. The fraction of sp³-hybridized carbons (Fsp3) is 0.500. The second-order valence-electron chi connectivity index (χ2n) is 5.06. The Hall–Kier alpha value is -1.66. The van der Waals surface area contributed by atoms with Crippen molar-refractivity contribution in [2.45, 2.75) is 0 Å². The lowest BCUT2D eigenvalue weighted by atomic mass is 10.2. The molecule has 1 aromatic rings. The average molecular weight is 280 g/mol. The van der Waals surface area contributed by atoms with Crippen molar-refractivity contribution >= 4 is 17.3 Å². The van der Waals surface area contributed by atoms with E-state index in [0.29, 0.717) is 25.3 Å². The number of nitrogen functional groups attached to an aromatic ring is 1. The summed E-state index contributed by atoms with van der Waals surface area (Å²) >= 11 is 0. The standard InChI is InChI=1S/C14H21FN4O/c1-17(13-4-2-12(16)3-5-13)14(20)10-18-6-8-19(11-15)9-7-18/h2-5H,6-11,16H2,1H3. The van der Waals surface area contributed by atoms with E-state index in [-0.39, 0.29) is 5.91 Å². The van der Waals surface area contributed by atoms with E-state index in [1.165, 1.54) is 0 Å². The van der Waals surface area contributed by atoms with Crippen LogP contribution in [0.4, 0.5) is 15.8 Å². The van der Waals surface area contributed by atoms with Crippen LogP contribution < -0.4 is 10.6 Å². The number of rotatable bonds is 4. The number of halogens is 1. The Morgan fingerprint density at radius 3 is 2.30 bits per heavy atom. The first kappa shape index (κ1) is 14.7. The van der Waals surface area contributed by atoms with Crippen molar-refractivity contribution < 1.29 is 9.18 Å². The summed E-state index contributed by atoms with van der Waals surface area (Å²) in [4.78, 5) is 17.6. The van der Waals surface area contributed by atoms with Crippen LogP contribution >= 0.6 is 0 Å². The summed E-state index contributed by atoms with van der Waals surface area (Å²) < 4.78 is 12.5. The molecule has 1 aliphatic heterocycles. The molecule has 0 aromatic heterocycles. The number of piperazine rings is 1. The molecule has 0 spiro atoms. The number of nitrogens with two attached hydrogens (primary N) is 1. The van der Waals surface area contributed by atoms with Crippen LogP contribution in [0.25, 0.3) is 0 Å². The van der Waals surface area contributed by atoms with Gasteiger partial charge in [-0.05, 0) is 24.3 Å². The van der Waals surface area contributed by atoms with E-state index in [9.17, 15) is 9.18 Å². The van der Waals surface area contributed by atoms with Gasteiger partial charge >= 0.3 is 0 Å². The van der Waals surface area contributed by atoms with E-state index < -0.39 is 6.80 Å². The van der Waals surface area contributed by atoms with Crippen LogP contribution in [0.3, 0.4) is 0 Å². The molecule has 1 aliphatic rings. The first-order valence-corrected chi connectivity index (χ1v) is 6.73. The van der Waals surface area contributed by atoms with Crippen molar-refractivity contribution in [1.82, 2.24) is 9.80 Å². The van der Waals surface area contributed by atoms with Crippen LogP contribution in [-0.4, -0.2) is 62.3 Å². The topological polar surface area (TPSA) is 52.8 Å². The third kappa shape index (κ3) is 3.68. The van der Waals surface area contributed by atoms with Crippen LogP contribution in [0.15, 0.2) is 24.3 Å². The number of anilines is 2. The molecule has 110 valence electrons. The van der Waals surface area contributed by atoms with Gasteiger partial charge in [0.1, 0.15) is 6.80 Å². The molecule has 1 saturated heterocycles. The van der Waals surface area contributed by atoms with Gasteiger partial charge in [0, 0.05) is 44.6 Å². The summed E-state index contributed by atoms with van der Waals surface area (Å²) in [5.74, 6) is 0.0310. The molecule has 0 saturated carbocycles. The SMILES string of the molecule is CN(C(=O)CN1CCN(CF)CC1)c1ccc(N)cc1. The average Bonchev–Trinajstić information content (AvgIpc) is 2.48. The normalized spacial score (nSPS) is 17.1. The second kappa shape index (κ2) is 6.67. The van der Waals surface area contributed by atoms with Crippen LogP contribution in [0, 0.1) is 0 Å². The van der Waals surface area contributed by atoms with E-state index in [4.69, 9.17) is 5.73 Å². The van der Waals surface area contributed by atoms with Gasteiger partial charge in [-0.15, -0.1) is 0 Å². The minimum atomic E-state index is -0.410. The summed E-state index contributed by atoms with van der Waals surface area (Å²) in [6.45, 7) is 2.76. The number of hydrogen-bond donors (Lipinski definition) is 1. The number of likely N-dealkylation sites (N-methyl/N-ethyl adjacent to an activating group) is 1. The van der Waals surface area contributed by atoms with Crippen LogP contribution in [0.2, 0.25) is 0 Å². The molecule has 1 amide bonds. The molecule has 1 aromatic carbocycles. The maximum Gasteiger partial charge on any atom is 0.240 e. The maximum atomic E-state index is 12.5. The molecular weight excluding hydrogens is 259 g/mol. The van der Waals surface area contributed by atoms with Gasteiger partial charge < -0.3 is 10.6 Å². The predicted octanol–water partition coefficient (Wildman–Crippen LogP) is 0.776. The molecular formula is C14H21FN4O. The van der Waals surface area contributed by atoms with E-state index in [1.54, 1.807) is 29.0 Å². The lowest BCUT2D eigenvalue weighted by Gasteiger charge is -2.33. The summed E-state index contributed by atoms with van der Waals surface area (Å²) in [7, 11) is 1.76. The first-order valence-electron chi connectivity index (χ1n) is 6.73. The summed E-state index contributed by atoms with van der Waals surface area (Å²) in [5.41, 5.74) is 7.13. The molecule has 2 N–H and O–H groups in total. The van der Waals surface area contributed by atoms with E-state index in [2.05, 4.69) is 4.90 Å². The van der Waals surface area contributed by atoms with Crippen molar-refractivity contribution in [3.8, 4) is 0 Å². The molecule has 0 unspecified atom stereocenters. The molecule has 20 heavy (non-hydrogen) atoms. The third-order valence-corrected chi connectivity index (χ3v) is 3.65. The zero-order valence-electron chi connectivity index (χ0n) is 11.8. The first-order chi connectivity index (χ1) is 9.60. The molecule has 0 aliphatic carbocycles. The van der Waals surface area contributed by atoms with Crippen molar-refractivity contribution in [2.75, 3.05) is 57.2 Å². The fourth-order valence-electron chi connectivity index (χ4n) is 2.21. The summed E-state index contributed by atoms with van der Waals surface area (Å²) in [5, 5.41) is 0. The Morgan fingerprint density at radius 2 is 1.75 bits per heavy atom. The Bertz CT molecular complexity index is 443. The number of nitrogens with zero attached hydrogens (tertiary/aromatic N) is 3. The zero-order valence-corrected chi connectivity index (χ0v) is 11.8. The molecule has 0 atom stereocenters. The summed E-state index contributed by atoms with van der Waals surface area (Å²) in [6, 6.07) is 7.21. The molecule has 5 nitrogen and oxygen atoms in total. The maximum absolute atomic E-state index is 12.5. The smallest absolute Gasteiger partial charge is 0.240 e. The van der Waals surface area contributed by atoms with Gasteiger partial charge in [0.2, 0.25) is 5.91 Å². The Labute approximate surface area is 118 Å². The van der Waals surface area contributed by atoms with Crippen molar-refractivity contribution in [3.05, 3.63) is 24.3 Å². The Kier molecular flexibility index (Phi) is 4.92. The Balaban J connectivity index is 1.87. The van der Waals surface area contributed by atoms with Crippen molar-refractivity contribution in [2.24, 2.45) is 0 Å². The van der Waals surface area contributed by atoms with Crippen LogP contribution in [0.1, 0.15) is 0 Å². The highest BCUT2D eigenvalue weighted by Gasteiger charge is 2.20. The number of carbonyl (C=O) groups excluding carboxylic acids is 1. The largest absolute Gasteiger partial charge is 0.399 e. The number of benzene rings is 1. The lowest BCUT2D eigenvalue weighted by molar-refractivity contribution is -0.119.